The normalized spacial score (nSPS) is 31.8. The maximum absolute atomic E-state index is 6.27. The summed E-state index contributed by atoms with van der Waals surface area (Å²) in [6.45, 7) is 0. The third-order valence-electron chi connectivity index (χ3n) is 4.69. The van der Waals surface area contributed by atoms with E-state index in [1.165, 1.54) is 37.7 Å². The standard InChI is InChI=1S/C15H17BrCl2/c16-14(13-4-3-12(17)8-15(13)18)7-11-6-9-1-2-10(11)5-9/h3-4,8-11,14H,1-2,5-7H2. The van der Waals surface area contributed by atoms with E-state index >= 15 is 0 Å². The van der Waals surface area contributed by atoms with E-state index in [1.807, 2.05) is 12.1 Å². The fraction of sp³-hybridized carbons (Fsp3) is 0.600. The molecule has 2 aliphatic carbocycles. The molecule has 1 aromatic carbocycles. The number of hydrogen-bond donors (Lipinski definition) is 0. The van der Waals surface area contributed by atoms with Gasteiger partial charge in [-0.2, -0.15) is 0 Å². The van der Waals surface area contributed by atoms with Crippen LogP contribution in [0.15, 0.2) is 18.2 Å². The first-order valence-corrected chi connectivity index (χ1v) is 8.39. The number of alkyl halides is 1. The Morgan fingerprint density at radius 2 is 2.06 bits per heavy atom. The van der Waals surface area contributed by atoms with E-state index < -0.39 is 0 Å². The van der Waals surface area contributed by atoms with Crippen LogP contribution in [0.2, 0.25) is 10.0 Å². The first-order chi connectivity index (χ1) is 8.63. The van der Waals surface area contributed by atoms with E-state index in [2.05, 4.69) is 22.0 Å². The van der Waals surface area contributed by atoms with Gasteiger partial charge >= 0.3 is 0 Å². The van der Waals surface area contributed by atoms with Crippen molar-refractivity contribution in [3.8, 4) is 0 Å². The summed E-state index contributed by atoms with van der Waals surface area (Å²) < 4.78 is 0. The SMILES string of the molecule is Clc1ccc(C(Br)CC2CC3CCC2C3)c(Cl)c1. The Hall–Kier alpha value is 0.280. The van der Waals surface area contributed by atoms with Gasteiger partial charge in [-0.15, -0.1) is 0 Å². The average molecular weight is 348 g/mol. The molecule has 0 saturated heterocycles. The van der Waals surface area contributed by atoms with Gasteiger partial charge in [0, 0.05) is 14.9 Å². The van der Waals surface area contributed by atoms with Crippen LogP contribution in [0.4, 0.5) is 0 Å². The van der Waals surface area contributed by atoms with Gasteiger partial charge in [-0.1, -0.05) is 51.6 Å². The van der Waals surface area contributed by atoms with E-state index in [9.17, 15) is 0 Å². The highest BCUT2D eigenvalue weighted by Crippen LogP contribution is 2.52. The molecule has 2 fully saturated rings. The Kier molecular flexibility index (Phi) is 3.94. The van der Waals surface area contributed by atoms with Gasteiger partial charge in [0.15, 0.2) is 0 Å². The first kappa shape index (κ1) is 13.3. The van der Waals surface area contributed by atoms with Crippen LogP contribution in [0.1, 0.15) is 42.5 Å². The molecule has 0 spiro atoms. The predicted molar refractivity (Wildman–Crippen MR) is 81.7 cm³/mol. The van der Waals surface area contributed by atoms with Crippen molar-refractivity contribution in [2.45, 2.75) is 36.9 Å². The predicted octanol–water partition coefficient (Wildman–Crippen LogP) is 6.26. The highest BCUT2D eigenvalue weighted by Gasteiger charge is 2.40. The van der Waals surface area contributed by atoms with Crippen LogP contribution in [-0.4, -0.2) is 0 Å². The molecule has 2 saturated carbocycles. The number of halogens is 3. The van der Waals surface area contributed by atoms with Crippen LogP contribution in [0.3, 0.4) is 0 Å². The Morgan fingerprint density at radius 3 is 2.67 bits per heavy atom. The number of rotatable bonds is 3. The van der Waals surface area contributed by atoms with Crippen LogP contribution >= 0.6 is 39.1 Å². The fourth-order valence-corrected chi connectivity index (χ4v) is 5.36. The second-order valence-corrected chi connectivity index (χ2v) is 7.75. The number of fused-ring (bicyclic) bond motifs is 2. The summed E-state index contributed by atoms with van der Waals surface area (Å²) in [6.07, 6.45) is 7.03. The summed E-state index contributed by atoms with van der Waals surface area (Å²) in [4.78, 5) is 0.367. The van der Waals surface area contributed by atoms with Gasteiger partial charge in [0.1, 0.15) is 0 Å². The molecule has 3 rings (SSSR count). The summed E-state index contributed by atoms with van der Waals surface area (Å²) in [5.74, 6) is 2.88. The highest BCUT2D eigenvalue weighted by atomic mass is 79.9. The Balaban J connectivity index is 1.69. The highest BCUT2D eigenvalue weighted by molar-refractivity contribution is 9.09. The molecule has 2 bridgehead atoms. The number of hydrogen-bond acceptors (Lipinski definition) is 0. The molecule has 2 aliphatic rings. The van der Waals surface area contributed by atoms with Crippen LogP contribution in [-0.2, 0) is 0 Å². The van der Waals surface area contributed by atoms with Crippen molar-refractivity contribution in [3.05, 3.63) is 33.8 Å². The smallest absolute Gasteiger partial charge is 0.0464 e. The molecule has 0 aliphatic heterocycles. The Bertz CT molecular complexity index is 446. The van der Waals surface area contributed by atoms with Crippen molar-refractivity contribution in [2.75, 3.05) is 0 Å². The van der Waals surface area contributed by atoms with Crippen LogP contribution in [0.5, 0.6) is 0 Å². The summed E-state index contributed by atoms with van der Waals surface area (Å²) in [7, 11) is 0. The second kappa shape index (κ2) is 5.34. The maximum Gasteiger partial charge on any atom is 0.0464 e. The van der Waals surface area contributed by atoms with Gasteiger partial charge in [-0.05, 0) is 61.1 Å². The van der Waals surface area contributed by atoms with Crippen LogP contribution in [0, 0.1) is 17.8 Å². The summed E-state index contributed by atoms with van der Waals surface area (Å²) >= 11 is 16.0. The van der Waals surface area contributed by atoms with Gasteiger partial charge < -0.3 is 0 Å². The van der Waals surface area contributed by atoms with E-state index in [-0.39, 0.29) is 0 Å². The minimum Gasteiger partial charge on any atom is -0.0843 e. The van der Waals surface area contributed by atoms with Crippen molar-refractivity contribution in [1.29, 1.82) is 0 Å². The summed E-state index contributed by atoms with van der Waals surface area (Å²) in [5.41, 5.74) is 1.18. The topological polar surface area (TPSA) is 0 Å². The lowest BCUT2D eigenvalue weighted by molar-refractivity contribution is 0.314. The lowest BCUT2D eigenvalue weighted by Crippen LogP contribution is -2.12. The monoisotopic (exact) mass is 346 g/mol. The molecule has 18 heavy (non-hydrogen) atoms. The average Bonchev–Trinajstić information content (AvgIpc) is 2.90. The van der Waals surface area contributed by atoms with Gasteiger partial charge in [-0.3, -0.25) is 0 Å². The van der Waals surface area contributed by atoms with E-state index in [4.69, 9.17) is 23.2 Å². The van der Waals surface area contributed by atoms with Gasteiger partial charge in [0.2, 0.25) is 0 Å². The molecule has 0 aromatic heterocycles. The minimum absolute atomic E-state index is 0.367. The van der Waals surface area contributed by atoms with E-state index in [0.29, 0.717) is 9.85 Å². The lowest BCUT2D eigenvalue weighted by Gasteiger charge is -2.24. The van der Waals surface area contributed by atoms with Gasteiger partial charge in [-0.25, -0.2) is 0 Å². The van der Waals surface area contributed by atoms with E-state index in [0.717, 1.165) is 22.8 Å². The zero-order chi connectivity index (χ0) is 12.7. The molecule has 4 atom stereocenters. The van der Waals surface area contributed by atoms with Crippen molar-refractivity contribution < 1.29 is 0 Å². The second-order valence-electron chi connectivity index (χ2n) is 5.80. The maximum atomic E-state index is 6.27. The summed E-state index contributed by atoms with van der Waals surface area (Å²) in [6, 6.07) is 5.82. The third-order valence-corrected chi connectivity index (χ3v) is 6.12. The third kappa shape index (κ3) is 2.59. The quantitative estimate of drug-likeness (QED) is 0.566. The van der Waals surface area contributed by atoms with Crippen LogP contribution in [0.25, 0.3) is 0 Å². The molecule has 0 nitrogen and oxygen atoms in total. The van der Waals surface area contributed by atoms with Crippen molar-refractivity contribution in [3.63, 3.8) is 0 Å². The minimum atomic E-state index is 0.367. The van der Waals surface area contributed by atoms with Crippen molar-refractivity contribution in [2.24, 2.45) is 17.8 Å². The first-order valence-electron chi connectivity index (χ1n) is 6.72. The Morgan fingerprint density at radius 1 is 1.22 bits per heavy atom. The molecule has 98 valence electrons. The number of benzene rings is 1. The van der Waals surface area contributed by atoms with Gasteiger partial charge in [0.25, 0.3) is 0 Å². The largest absolute Gasteiger partial charge is 0.0843 e. The molecular formula is C15H17BrCl2. The van der Waals surface area contributed by atoms with Crippen molar-refractivity contribution in [1.82, 2.24) is 0 Å². The molecule has 4 unspecified atom stereocenters. The molecule has 0 heterocycles. The molecule has 0 N–H and O–H groups in total. The molecule has 3 heteroatoms. The Labute approximate surface area is 127 Å². The van der Waals surface area contributed by atoms with Crippen molar-refractivity contribution >= 4 is 39.1 Å². The van der Waals surface area contributed by atoms with Crippen LogP contribution < -0.4 is 0 Å². The lowest BCUT2D eigenvalue weighted by atomic mass is 9.84. The summed E-state index contributed by atoms with van der Waals surface area (Å²) in [5, 5.41) is 1.50. The molecule has 0 radical (unpaired) electrons. The fourth-order valence-electron chi connectivity index (χ4n) is 3.81. The zero-order valence-electron chi connectivity index (χ0n) is 10.2. The molecular weight excluding hydrogens is 331 g/mol. The zero-order valence-corrected chi connectivity index (χ0v) is 13.3. The van der Waals surface area contributed by atoms with E-state index in [1.54, 1.807) is 0 Å². The van der Waals surface area contributed by atoms with Gasteiger partial charge in [0.05, 0.1) is 0 Å². The molecule has 0 amide bonds. The molecule has 1 aromatic rings.